The molecule has 4 heteroatoms. The van der Waals surface area contributed by atoms with Crippen LogP contribution in [0.15, 0.2) is 24.3 Å². The van der Waals surface area contributed by atoms with Gasteiger partial charge >= 0.3 is 0 Å². The largest absolute Gasteiger partial charge is 0.493 e. The molecule has 4 N–H and O–H groups in total. The second-order valence-corrected chi connectivity index (χ2v) is 3.19. The average molecular weight is 194 g/mol. The molecule has 0 bridgehead atoms. The molecule has 4 nitrogen and oxygen atoms in total. The summed E-state index contributed by atoms with van der Waals surface area (Å²) in [5, 5.41) is 0. The Kier molecular flexibility index (Phi) is 3.34. The molecule has 0 saturated carbocycles. The van der Waals surface area contributed by atoms with Crippen molar-refractivity contribution < 1.29 is 9.53 Å². The fraction of sp³-hybridized carbons (Fsp3) is 0.300. The molecule has 0 aromatic heterocycles. The summed E-state index contributed by atoms with van der Waals surface area (Å²) in [6.45, 7) is 1.99. The number of ether oxygens (including phenoxy) is 1. The van der Waals surface area contributed by atoms with Gasteiger partial charge in [-0.05, 0) is 12.1 Å². The predicted octanol–water partition coefficient (Wildman–Crippen LogP) is 0.769. The van der Waals surface area contributed by atoms with E-state index in [0.717, 1.165) is 0 Å². The van der Waals surface area contributed by atoms with Crippen molar-refractivity contribution in [1.29, 1.82) is 0 Å². The molecule has 0 spiro atoms. The first-order chi connectivity index (χ1) is 6.59. The average Bonchev–Trinajstić information content (AvgIpc) is 2.14. The summed E-state index contributed by atoms with van der Waals surface area (Å²) in [6.07, 6.45) is 0. The highest BCUT2D eigenvalue weighted by Gasteiger charge is 2.08. The quantitative estimate of drug-likeness (QED) is 0.695. The van der Waals surface area contributed by atoms with Gasteiger partial charge in [-0.3, -0.25) is 4.79 Å². The topological polar surface area (TPSA) is 78.3 Å². The molecule has 0 aliphatic carbocycles. The maximum absolute atomic E-state index is 10.7. The summed E-state index contributed by atoms with van der Waals surface area (Å²) in [4.78, 5) is 10.7. The standard InChI is InChI=1S/C10H14N2O2/c1-7(10(12)13)6-14-9-4-2-3-8(11)5-9/h2-5,7H,6,11H2,1H3,(H2,12,13). The van der Waals surface area contributed by atoms with Crippen LogP contribution in [-0.4, -0.2) is 12.5 Å². The van der Waals surface area contributed by atoms with Crippen LogP contribution in [0.3, 0.4) is 0 Å². The van der Waals surface area contributed by atoms with Gasteiger partial charge in [0, 0.05) is 11.8 Å². The van der Waals surface area contributed by atoms with Crippen molar-refractivity contribution in [3.05, 3.63) is 24.3 Å². The fourth-order valence-electron chi connectivity index (χ4n) is 0.908. The van der Waals surface area contributed by atoms with E-state index in [0.29, 0.717) is 11.4 Å². The van der Waals surface area contributed by atoms with Gasteiger partial charge in [0.1, 0.15) is 5.75 Å². The van der Waals surface area contributed by atoms with Crippen LogP contribution in [0.1, 0.15) is 6.92 Å². The van der Waals surface area contributed by atoms with Crippen LogP contribution in [0, 0.1) is 5.92 Å². The highest BCUT2D eigenvalue weighted by atomic mass is 16.5. The zero-order valence-electron chi connectivity index (χ0n) is 8.07. The van der Waals surface area contributed by atoms with Crippen LogP contribution in [0.4, 0.5) is 5.69 Å². The van der Waals surface area contributed by atoms with Crippen molar-refractivity contribution >= 4 is 11.6 Å². The Morgan fingerprint density at radius 3 is 2.86 bits per heavy atom. The number of benzene rings is 1. The molecule has 76 valence electrons. The lowest BCUT2D eigenvalue weighted by molar-refractivity contribution is -0.122. The van der Waals surface area contributed by atoms with Crippen molar-refractivity contribution in [2.24, 2.45) is 11.7 Å². The van der Waals surface area contributed by atoms with E-state index in [-0.39, 0.29) is 18.4 Å². The highest BCUT2D eigenvalue weighted by Crippen LogP contribution is 2.15. The van der Waals surface area contributed by atoms with E-state index in [1.165, 1.54) is 0 Å². The molecule has 1 amide bonds. The number of carbonyl (C=O) groups excluding carboxylic acids is 1. The van der Waals surface area contributed by atoms with E-state index < -0.39 is 0 Å². The van der Waals surface area contributed by atoms with Crippen LogP contribution in [0.5, 0.6) is 5.75 Å². The molecule has 1 aromatic rings. The summed E-state index contributed by atoms with van der Waals surface area (Å²) < 4.78 is 5.33. The lowest BCUT2D eigenvalue weighted by Crippen LogP contribution is -2.25. The molecule has 1 rings (SSSR count). The third kappa shape index (κ3) is 2.97. The molecule has 0 heterocycles. The highest BCUT2D eigenvalue weighted by molar-refractivity contribution is 5.76. The van der Waals surface area contributed by atoms with E-state index in [1.807, 2.05) is 0 Å². The van der Waals surface area contributed by atoms with Gasteiger partial charge in [-0.2, -0.15) is 0 Å². The number of hydrogen-bond acceptors (Lipinski definition) is 3. The van der Waals surface area contributed by atoms with Crippen LogP contribution in [-0.2, 0) is 4.79 Å². The van der Waals surface area contributed by atoms with Crippen LogP contribution in [0.25, 0.3) is 0 Å². The Morgan fingerprint density at radius 2 is 2.29 bits per heavy atom. The Hall–Kier alpha value is -1.71. The number of hydrogen-bond donors (Lipinski definition) is 2. The Bertz CT molecular complexity index is 326. The molecule has 0 aliphatic heterocycles. The van der Waals surface area contributed by atoms with E-state index in [2.05, 4.69) is 0 Å². The summed E-state index contributed by atoms with van der Waals surface area (Å²) in [7, 11) is 0. The molecule has 1 unspecified atom stereocenters. The van der Waals surface area contributed by atoms with Crippen LogP contribution >= 0.6 is 0 Å². The molecular formula is C10H14N2O2. The molecule has 0 aliphatic rings. The zero-order valence-corrected chi connectivity index (χ0v) is 8.07. The second-order valence-electron chi connectivity index (χ2n) is 3.19. The Labute approximate surface area is 82.8 Å². The molecule has 0 saturated heterocycles. The lowest BCUT2D eigenvalue weighted by atomic mass is 10.2. The maximum Gasteiger partial charge on any atom is 0.223 e. The molecule has 1 aromatic carbocycles. The van der Waals surface area contributed by atoms with Crippen LogP contribution < -0.4 is 16.2 Å². The van der Waals surface area contributed by atoms with Crippen molar-refractivity contribution in [2.75, 3.05) is 12.3 Å². The van der Waals surface area contributed by atoms with E-state index >= 15 is 0 Å². The van der Waals surface area contributed by atoms with Crippen LogP contribution in [0.2, 0.25) is 0 Å². The number of anilines is 1. The predicted molar refractivity (Wildman–Crippen MR) is 54.7 cm³/mol. The Morgan fingerprint density at radius 1 is 1.57 bits per heavy atom. The van der Waals surface area contributed by atoms with Gasteiger partial charge in [-0.15, -0.1) is 0 Å². The van der Waals surface area contributed by atoms with Crippen molar-refractivity contribution in [3.8, 4) is 5.75 Å². The van der Waals surface area contributed by atoms with Gasteiger partial charge in [0.25, 0.3) is 0 Å². The number of rotatable bonds is 4. The van der Waals surface area contributed by atoms with E-state index in [1.54, 1.807) is 31.2 Å². The first-order valence-corrected chi connectivity index (χ1v) is 4.37. The van der Waals surface area contributed by atoms with Crippen molar-refractivity contribution in [2.45, 2.75) is 6.92 Å². The van der Waals surface area contributed by atoms with E-state index in [4.69, 9.17) is 16.2 Å². The van der Waals surface area contributed by atoms with Gasteiger partial charge in [0.05, 0.1) is 12.5 Å². The van der Waals surface area contributed by atoms with Gasteiger partial charge in [0.15, 0.2) is 0 Å². The van der Waals surface area contributed by atoms with Gasteiger partial charge < -0.3 is 16.2 Å². The first-order valence-electron chi connectivity index (χ1n) is 4.37. The molecule has 1 atom stereocenters. The summed E-state index contributed by atoms with van der Waals surface area (Å²) in [6, 6.07) is 7.04. The lowest BCUT2D eigenvalue weighted by Gasteiger charge is -2.09. The monoisotopic (exact) mass is 194 g/mol. The normalized spacial score (nSPS) is 12.1. The smallest absolute Gasteiger partial charge is 0.223 e. The molecule has 0 radical (unpaired) electrons. The second kappa shape index (κ2) is 4.50. The molecule has 14 heavy (non-hydrogen) atoms. The van der Waals surface area contributed by atoms with Gasteiger partial charge in [0.2, 0.25) is 5.91 Å². The maximum atomic E-state index is 10.7. The van der Waals surface area contributed by atoms with Gasteiger partial charge in [-0.25, -0.2) is 0 Å². The molecule has 0 fully saturated rings. The number of carbonyl (C=O) groups is 1. The minimum atomic E-state index is -0.367. The third-order valence-electron chi connectivity index (χ3n) is 1.84. The number of nitrogens with two attached hydrogens (primary N) is 2. The summed E-state index contributed by atoms with van der Waals surface area (Å²) >= 11 is 0. The fourth-order valence-corrected chi connectivity index (χ4v) is 0.908. The SMILES string of the molecule is CC(COc1cccc(N)c1)C(N)=O. The number of amides is 1. The van der Waals surface area contributed by atoms with Gasteiger partial charge in [-0.1, -0.05) is 13.0 Å². The third-order valence-corrected chi connectivity index (χ3v) is 1.84. The minimum absolute atomic E-state index is 0.277. The minimum Gasteiger partial charge on any atom is -0.493 e. The summed E-state index contributed by atoms with van der Waals surface area (Å²) in [5.74, 6) is -0.0107. The van der Waals surface area contributed by atoms with E-state index in [9.17, 15) is 4.79 Å². The number of nitrogen functional groups attached to an aromatic ring is 1. The van der Waals surface area contributed by atoms with Crippen molar-refractivity contribution in [1.82, 2.24) is 0 Å². The zero-order chi connectivity index (χ0) is 10.6. The number of primary amides is 1. The van der Waals surface area contributed by atoms with Crippen molar-refractivity contribution in [3.63, 3.8) is 0 Å². The molecular weight excluding hydrogens is 180 g/mol. The first kappa shape index (κ1) is 10.4. The summed E-state index contributed by atoms with van der Waals surface area (Å²) in [5.41, 5.74) is 11.3. The Balaban J connectivity index is 2.49.